The van der Waals surface area contributed by atoms with Gasteiger partial charge in [-0.05, 0) is 55.9 Å². The van der Waals surface area contributed by atoms with Crippen LogP contribution in [0.5, 0.6) is 0 Å². The third-order valence-corrected chi connectivity index (χ3v) is 4.71. The van der Waals surface area contributed by atoms with Crippen LogP contribution in [-0.2, 0) is 9.53 Å². The first-order valence-corrected chi connectivity index (χ1v) is 8.06. The summed E-state index contributed by atoms with van der Waals surface area (Å²) >= 11 is 5.93. The van der Waals surface area contributed by atoms with Gasteiger partial charge >= 0.3 is 5.97 Å². The molecule has 0 radical (unpaired) electrons. The van der Waals surface area contributed by atoms with Gasteiger partial charge in [0.05, 0.1) is 6.61 Å². The lowest BCUT2D eigenvalue weighted by molar-refractivity contribution is -0.152. The fourth-order valence-electron chi connectivity index (χ4n) is 3.19. The summed E-state index contributed by atoms with van der Waals surface area (Å²) in [6.45, 7) is 6.59. The van der Waals surface area contributed by atoms with E-state index in [0.29, 0.717) is 17.5 Å². The standard InChI is InChI=1S/C17H24ClNO2/c1-4-21-16(20)17(11-12(2)5-6-13(17)3)19-15-9-7-14(18)8-10-15/h7-10,12-13,19H,4-6,11H2,1-3H3. The second-order valence-electron chi connectivity index (χ2n) is 6.11. The van der Waals surface area contributed by atoms with Crippen LogP contribution in [0.1, 0.15) is 40.0 Å². The van der Waals surface area contributed by atoms with Gasteiger partial charge in [-0.2, -0.15) is 0 Å². The Hall–Kier alpha value is -1.22. The van der Waals surface area contributed by atoms with Crippen LogP contribution < -0.4 is 5.32 Å². The van der Waals surface area contributed by atoms with Crippen molar-refractivity contribution in [2.24, 2.45) is 11.8 Å². The van der Waals surface area contributed by atoms with E-state index in [4.69, 9.17) is 16.3 Å². The Morgan fingerprint density at radius 2 is 2.00 bits per heavy atom. The molecular formula is C17H24ClNO2. The Morgan fingerprint density at radius 3 is 2.62 bits per heavy atom. The molecule has 0 saturated heterocycles. The molecule has 1 fully saturated rings. The summed E-state index contributed by atoms with van der Waals surface area (Å²) in [7, 11) is 0. The Labute approximate surface area is 132 Å². The Balaban J connectivity index is 2.30. The summed E-state index contributed by atoms with van der Waals surface area (Å²) in [6.07, 6.45) is 2.99. The third-order valence-electron chi connectivity index (χ3n) is 4.46. The van der Waals surface area contributed by atoms with Crippen LogP contribution in [0.4, 0.5) is 5.69 Å². The highest BCUT2D eigenvalue weighted by Gasteiger charge is 2.48. The first-order chi connectivity index (χ1) is 9.98. The zero-order valence-corrected chi connectivity index (χ0v) is 13.7. The number of ether oxygens (including phenoxy) is 1. The van der Waals surface area contributed by atoms with Crippen molar-refractivity contribution in [1.82, 2.24) is 0 Å². The average Bonchev–Trinajstić information content (AvgIpc) is 2.45. The first kappa shape index (κ1) is 16.2. The van der Waals surface area contributed by atoms with Crippen LogP contribution >= 0.6 is 11.6 Å². The van der Waals surface area contributed by atoms with E-state index >= 15 is 0 Å². The monoisotopic (exact) mass is 309 g/mol. The minimum atomic E-state index is -0.637. The van der Waals surface area contributed by atoms with Gasteiger partial charge in [-0.25, -0.2) is 4.79 Å². The second-order valence-corrected chi connectivity index (χ2v) is 6.55. The summed E-state index contributed by atoms with van der Waals surface area (Å²) in [6, 6.07) is 7.49. The number of esters is 1. The van der Waals surface area contributed by atoms with Crippen molar-refractivity contribution in [3.63, 3.8) is 0 Å². The van der Waals surface area contributed by atoms with Gasteiger partial charge < -0.3 is 10.1 Å². The highest BCUT2D eigenvalue weighted by Crippen LogP contribution is 2.40. The van der Waals surface area contributed by atoms with Crippen molar-refractivity contribution in [2.75, 3.05) is 11.9 Å². The number of carbonyl (C=O) groups is 1. The minimum Gasteiger partial charge on any atom is -0.464 e. The van der Waals surface area contributed by atoms with Gasteiger partial charge in [-0.1, -0.05) is 31.9 Å². The van der Waals surface area contributed by atoms with E-state index in [9.17, 15) is 4.79 Å². The maximum atomic E-state index is 12.6. The number of hydrogen-bond acceptors (Lipinski definition) is 3. The summed E-state index contributed by atoms with van der Waals surface area (Å²) in [5.74, 6) is 0.604. The molecule has 0 heterocycles. The van der Waals surface area contributed by atoms with Crippen molar-refractivity contribution in [1.29, 1.82) is 0 Å². The van der Waals surface area contributed by atoms with Gasteiger partial charge in [0.15, 0.2) is 0 Å². The van der Waals surface area contributed by atoms with E-state index < -0.39 is 5.54 Å². The maximum absolute atomic E-state index is 12.6. The number of benzene rings is 1. The van der Waals surface area contributed by atoms with Crippen LogP contribution in [0, 0.1) is 11.8 Å². The number of hydrogen-bond donors (Lipinski definition) is 1. The van der Waals surface area contributed by atoms with Crippen molar-refractivity contribution in [3.05, 3.63) is 29.3 Å². The largest absolute Gasteiger partial charge is 0.464 e. The molecule has 1 N–H and O–H groups in total. The summed E-state index contributed by atoms with van der Waals surface area (Å²) in [4.78, 5) is 12.6. The van der Waals surface area contributed by atoms with E-state index in [1.54, 1.807) is 0 Å². The Bertz CT molecular complexity index is 488. The Kier molecular flexibility index (Phi) is 5.15. The second kappa shape index (κ2) is 6.69. The van der Waals surface area contributed by atoms with E-state index in [-0.39, 0.29) is 11.9 Å². The molecule has 0 amide bonds. The highest BCUT2D eigenvalue weighted by molar-refractivity contribution is 6.30. The summed E-state index contributed by atoms with van der Waals surface area (Å²) in [5.41, 5.74) is 0.273. The number of halogens is 1. The quantitative estimate of drug-likeness (QED) is 0.832. The molecule has 1 saturated carbocycles. The lowest BCUT2D eigenvalue weighted by atomic mass is 9.69. The number of rotatable bonds is 4. The molecule has 3 atom stereocenters. The molecular weight excluding hydrogens is 286 g/mol. The number of nitrogens with one attached hydrogen (secondary N) is 1. The van der Waals surface area contributed by atoms with Crippen LogP contribution in [0.25, 0.3) is 0 Å². The predicted octanol–water partition coefficient (Wildman–Crippen LogP) is 4.51. The molecule has 0 aromatic heterocycles. The predicted molar refractivity (Wildman–Crippen MR) is 86.6 cm³/mol. The molecule has 0 spiro atoms. The maximum Gasteiger partial charge on any atom is 0.332 e. The summed E-state index contributed by atoms with van der Waals surface area (Å²) < 4.78 is 5.37. The lowest BCUT2D eigenvalue weighted by Gasteiger charge is -2.44. The molecule has 0 bridgehead atoms. The molecule has 3 unspecified atom stereocenters. The van der Waals surface area contributed by atoms with E-state index in [1.165, 1.54) is 0 Å². The molecule has 1 aromatic rings. The average molecular weight is 310 g/mol. The lowest BCUT2D eigenvalue weighted by Crippen LogP contribution is -2.55. The van der Waals surface area contributed by atoms with Crippen LogP contribution in [0.2, 0.25) is 5.02 Å². The Morgan fingerprint density at radius 1 is 1.33 bits per heavy atom. The van der Waals surface area contributed by atoms with Crippen molar-refractivity contribution >= 4 is 23.3 Å². The normalized spacial score (nSPS) is 29.0. The minimum absolute atomic E-state index is 0.140. The SMILES string of the molecule is CCOC(=O)C1(Nc2ccc(Cl)cc2)CC(C)CCC1C. The molecule has 1 aliphatic carbocycles. The number of carbonyl (C=O) groups excluding carboxylic acids is 1. The van der Waals surface area contributed by atoms with Gasteiger partial charge in [0, 0.05) is 10.7 Å². The zero-order valence-electron chi connectivity index (χ0n) is 13.0. The molecule has 4 heteroatoms. The van der Waals surface area contributed by atoms with Crippen molar-refractivity contribution < 1.29 is 9.53 Å². The molecule has 1 aromatic carbocycles. The topological polar surface area (TPSA) is 38.3 Å². The highest BCUT2D eigenvalue weighted by atomic mass is 35.5. The molecule has 0 aliphatic heterocycles. The van der Waals surface area contributed by atoms with Crippen molar-refractivity contribution in [2.45, 2.75) is 45.6 Å². The van der Waals surface area contributed by atoms with E-state index in [0.717, 1.165) is 24.9 Å². The van der Waals surface area contributed by atoms with Crippen molar-refractivity contribution in [3.8, 4) is 0 Å². The van der Waals surface area contributed by atoms with Gasteiger partial charge in [-0.15, -0.1) is 0 Å². The zero-order chi connectivity index (χ0) is 15.5. The molecule has 3 nitrogen and oxygen atoms in total. The van der Waals surface area contributed by atoms with Gasteiger partial charge in [0.25, 0.3) is 0 Å². The smallest absolute Gasteiger partial charge is 0.332 e. The van der Waals surface area contributed by atoms with E-state index in [1.807, 2.05) is 31.2 Å². The fraction of sp³-hybridized carbons (Fsp3) is 0.588. The first-order valence-electron chi connectivity index (χ1n) is 7.69. The summed E-state index contributed by atoms with van der Waals surface area (Å²) in [5, 5.41) is 4.14. The molecule has 2 rings (SSSR count). The van der Waals surface area contributed by atoms with Crippen LogP contribution in [0.15, 0.2) is 24.3 Å². The van der Waals surface area contributed by atoms with Crippen LogP contribution in [-0.4, -0.2) is 18.1 Å². The number of anilines is 1. The van der Waals surface area contributed by atoms with Gasteiger partial charge in [0.2, 0.25) is 0 Å². The molecule has 21 heavy (non-hydrogen) atoms. The van der Waals surface area contributed by atoms with Gasteiger partial charge in [-0.3, -0.25) is 0 Å². The third kappa shape index (κ3) is 3.52. The van der Waals surface area contributed by atoms with Gasteiger partial charge in [0.1, 0.15) is 5.54 Å². The van der Waals surface area contributed by atoms with Crippen LogP contribution in [0.3, 0.4) is 0 Å². The van der Waals surface area contributed by atoms with E-state index in [2.05, 4.69) is 19.2 Å². The molecule has 116 valence electrons. The fourth-order valence-corrected chi connectivity index (χ4v) is 3.32. The molecule has 1 aliphatic rings.